The van der Waals surface area contributed by atoms with Crippen molar-refractivity contribution in [2.75, 3.05) is 6.54 Å². The Kier molecular flexibility index (Phi) is 2.27. The second kappa shape index (κ2) is 3.44. The molecule has 0 saturated carbocycles. The van der Waals surface area contributed by atoms with E-state index < -0.39 is 0 Å². The summed E-state index contributed by atoms with van der Waals surface area (Å²) in [6.07, 6.45) is 3.93. The van der Waals surface area contributed by atoms with Crippen molar-refractivity contribution in [2.24, 2.45) is 7.05 Å². The predicted molar refractivity (Wildman–Crippen MR) is 55.3 cm³/mol. The van der Waals surface area contributed by atoms with Gasteiger partial charge in [-0.1, -0.05) is 0 Å². The highest BCUT2D eigenvalue weighted by molar-refractivity contribution is 5.80. The Morgan fingerprint density at radius 2 is 2.36 bits per heavy atom. The van der Waals surface area contributed by atoms with Gasteiger partial charge in [-0.3, -0.25) is 10.1 Å². The molecule has 1 aliphatic rings. The monoisotopic (exact) mass is 192 g/mol. The van der Waals surface area contributed by atoms with Crippen molar-refractivity contribution in [3.8, 4) is 0 Å². The summed E-state index contributed by atoms with van der Waals surface area (Å²) in [5.41, 5.74) is 2.43. The van der Waals surface area contributed by atoms with Crippen molar-refractivity contribution in [3.05, 3.63) is 17.5 Å². The minimum absolute atomic E-state index is 0.769. The van der Waals surface area contributed by atoms with Gasteiger partial charge in [0.2, 0.25) is 0 Å². The molecule has 0 radical (unpaired) electrons. The number of likely N-dealkylation sites (tertiary alicyclic amines) is 1. The van der Waals surface area contributed by atoms with Crippen molar-refractivity contribution in [1.82, 2.24) is 14.7 Å². The van der Waals surface area contributed by atoms with Gasteiger partial charge in [-0.2, -0.15) is 5.10 Å². The average Bonchev–Trinajstić information content (AvgIpc) is 2.67. The second-order valence-corrected chi connectivity index (χ2v) is 3.87. The highest BCUT2D eigenvalue weighted by atomic mass is 15.3. The summed E-state index contributed by atoms with van der Waals surface area (Å²) in [7, 11) is 1.96. The topological polar surface area (TPSA) is 44.9 Å². The molecule has 1 saturated heterocycles. The maximum absolute atomic E-state index is 7.75. The molecule has 76 valence electrons. The lowest BCUT2D eigenvalue weighted by atomic mass is 10.2. The van der Waals surface area contributed by atoms with Gasteiger partial charge in [-0.25, -0.2) is 0 Å². The minimum Gasteiger partial charge on any atom is -0.355 e. The van der Waals surface area contributed by atoms with E-state index in [0.717, 1.165) is 31.8 Å². The van der Waals surface area contributed by atoms with E-state index in [1.54, 1.807) is 0 Å². The SMILES string of the molecule is Cc1cnn(C)c1CN1CCCC1=N. The molecule has 14 heavy (non-hydrogen) atoms. The summed E-state index contributed by atoms with van der Waals surface area (Å²) in [5.74, 6) is 0.769. The van der Waals surface area contributed by atoms with Gasteiger partial charge in [0.25, 0.3) is 0 Å². The highest BCUT2D eigenvalue weighted by Crippen LogP contribution is 2.15. The first-order valence-electron chi connectivity index (χ1n) is 4.98. The molecule has 1 aliphatic heterocycles. The minimum atomic E-state index is 0.769. The molecule has 1 aromatic rings. The Labute approximate surface area is 84.0 Å². The molecule has 0 spiro atoms. The first-order chi connectivity index (χ1) is 6.68. The second-order valence-electron chi connectivity index (χ2n) is 3.87. The number of hydrogen-bond acceptors (Lipinski definition) is 2. The fraction of sp³-hybridized carbons (Fsp3) is 0.600. The first kappa shape index (κ1) is 9.24. The molecule has 0 atom stereocenters. The summed E-state index contributed by atoms with van der Waals surface area (Å²) >= 11 is 0. The fourth-order valence-corrected chi connectivity index (χ4v) is 1.89. The molecule has 1 aromatic heterocycles. The Morgan fingerprint density at radius 1 is 1.57 bits per heavy atom. The molecule has 0 aliphatic carbocycles. The van der Waals surface area contributed by atoms with Gasteiger partial charge in [-0.05, 0) is 18.9 Å². The molecule has 2 heterocycles. The smallest absolute Gasteiger partial charge is 0.0961 e. The molecule has 4 nitrogen and oxygen atoms in total. The molecule has 0 amide bonds. The average molecular weight is 192 g/mol. The number of rotatable bonds is 2. The van der Waals surface area contributed by atoms with Crippen LogP contribution in [0.15, 0.2) is 6.20 Å². The third-order valence-corrected chi connectivity index (χ3v) is 2.83. The van der Waals surface area contributed by atoms with Crippen LogP contribution in [-0.4, -0.2) is 27.1 Å². The van der Waals surface area contributed by atoms with E-state index in [2.05, 4.69) is 16.9 Å². The summed E-state index contributed by atoms with van der Waals surface area (Å²) < 4.78 is 1.90. The van der Waals surface area contributed by atoms with Crippen molar-refractivity contribution in [2.45, 2.75) is 26.3 Å². The van der Waals surface area contributed by atoms with Gasteiger partial charge < -0.3 is 4.90 Å². The van der Waals surface area contributed by atoms with Gasteiger partial charge >= 0.3 is 0 Å². The standard InChI is InChI=1S/C10H16N4/c1-8-6-12-13(2)9(8)7-14-5-3-4-10(14)11/h6,11H,3-5,7H2,1-2H3. The zero-order chi connectivity index (χ0) is 10.1. The van der Waals surface area contributed by atoms with Crippen LogP contribution in [0.4, 0.5) is 0 Å². The third kappa shape index (κ3) is 1.52. The Balaban J connectivity index is 2.14. The molecule has 1 N–H and O–H groups in total. The van der Waals surface area contributed by atoms with E-state index in [9.17, 15) is 0 Å². The van der Waals surface area contributed by atoms with Gasteiger partial charge in [0.15, 0.2) is 0 Å². The first-order valence-corrected chi connectivity index (χ1v) is 4.98. The molecule has 1 fully saturated rings. The Morgan fingerprint density at radius 3 is 2.86 bits per heavy atom. The Bertz CT molecular complexity index is 334. The van der Waals surface area contributed by atoms with Crippen molar-refractivity contribution < 1.29 is 0 Å². The number of amidine groups is 1. The molecule has 0 unspecified atom stereocenters. The van der Waals surface area contributed by atoms with E-state index in [0.29, 0.717) is 0 Å². The van der Waals surface area contributed by atoms with Gasteiger partial charge in [-0.15, -0.1) is 0 Å². The van der Waals surface area contributed by atoms with Gasteiger partial charge in [0.05, 0.1) is 24.3 Å². The molecule has 0 bridgehead atoms. The van der Waals surface area contributed by atoms with E-state index in [-0.39, 0.29) is 0 Å². The Hall–Kier alpha value is -1.32. The summed E-state index contributed by atoms with van der Waals surface area (Å²) in [4.78, 5) is 2.13. The predicted octanol–water partition coefficient (Wildman–Crippen LogP) is 1.30. The molecule has 4 heteroatoms. The number of aryl methyl sites for hydroxylation is 2. The van der Waals surface area contributed by atoms with Crippen molar-refractivity contribution in [1.29, 1.82) is 5.41 Å². The zero-order valence-corrected chi connectivity index (χ0v) is 8.75. The van der Waals surface area contributed by atoms with Crippen LogP contribution < -0.4 is 0 Å². The van der Waals surface area contributed by atoms with E-state index in [1.165, 1.54) is 11.3 Å². The summed E-state index contributed by atoms with van der Waals surface area (Å²) in [6.45, 7) is 3.92. The number of aromatic nitrogens is 2. The molecule has 2 rings (SSSR count). The lowest BCUT2D eigenvalue weighted by Crippen LogP contribution is -2.25. The van der Waals surface area contributed by atoms with E-state index in [4.69, 9.17) is 5.41 Å². The van der Waals surface area contributed by atoms with Crippen LogP contribution in [0, 0.1) is 12.3 Å². The van der Waals surface area contributed by atoms with Crippen LogP contribution in [0.5, 0.6) is 0 Å². The third-order valence-electron chi connectivity index (χ3n) is 2.83. The van der Waals surface area contributed by atoms with Gasteiger partial charge in [0, 0.05) is 20.0 Å². The largest absolute Gasteiger partial charge is 0.355 e. The number of nitrogens with one attached hydrogen (secondary N) is 1. The van der Waals surface area contributed by atoms with Crippen LogP contribution in [0.3, 0.4) is 0 Å². The maximum Gasteiger partial charge on any atom is 0.0961 e. The highest BCUT2D eigenvalue weighted by Gasteiger charge is 2.18. The lowest BCUT2D eigenvalue weighted by Gasteiger charge is -2.18. The van der Waals surface area contributed by atoms with Crippen LogP contribution in [0.1, 0.15) is 24.1 Å². The molecule has 0 aromatic carbocycles. The molecular formula is C10H16N4. The number of nitrogens with zero attached hydrogens (tertiary/aromatic N) is 3. The number of hydrogen-bond donors (Lipinski definition) is 1. The summed E-state index contributed by atoms with van der Waals surface area (Å²) in [5, 5.41) is 11.9. The lowest BCUT2D eigenvalue weighted by molar-refractivity contribution is 0.427. The fourth-order valence-electron chi connectivity index (χ4n) is 1.89. The molecular weight excluding hydrogens is 176 g/mol. The summed E-state index contributed by atoms with van der Waals surface area (Å²) in [6, 6.07) is 0. The normalized spacial score (nSPS) is 16.7. The van der Waals surface area contributed by atoms with Crippen LogP contribution in [-0.2, 0) is 13.6 Å². The van der Waals surface area contributed by atoms with Crippen molar-refractivity contribution in [3.63, 3.8) is 0 Å². The van der Waals surface area contributed by atoms with E-state index in [1.807, 2.05) is 17.9 Å². The van der Waals surface area contributed by atoms with E-state index >= 15 is 0 Å². The zero-order valence-electron chi connectivity index (χ0n) is 8.75. The quantitative estimate of drug-likeness (QED) is 0.767. The van der Waals surface area contributed by atoms with Gasteiger partial charge in [0.1, 0.15) is 0 Å². The van der Waals surface area contributed by atoms with Crippen LogP contribution in [0.2, 0.25) is 0 Å². The van der Waals surface area contributed by atoms with Crippen LogP contribution >= 0.6 is 0 Å². The maximum atomic E-state index is 7.75. The van der Waals surface area contributed by atoms with Crippen molar-refractivity contribution >= 4 is 5.84 Å². The van der Waals surface area contributed by atoms with Crippen LogP contribution in [0.25, 0.3) is 0 Å².